The first-order valence-corrected chi connectivity index (χ1v) is 7.93. The molecule has 0 aliphatic rings. The van der Waals surface area contributed by atoms with Crippen LogP contribution in [0.1, 0.15) is 10.4 Å². The molecule has 1 aromatic carbocycles. The summed E-state index contributed by atoms with van der Waals surface area (Å²) < 4.78 is 35.7. The van der Waals surface area contributed by atoms with E-state index in [4.69, 9.17) is 9.47 Å². The van der Waals surface area contributed by atoms with Gasteiger partial charge in [0.15, 0.2) is 11.5 Å². The first kappa shape index (κ1) is 18.0. The molecule has 0 saturated heterocycles. The number of halogens is 2. The number of pyridine rings is 1. The highest BCUT2D eigenvalue weighted by Crippen LogP contribution is 2.26. The average molecular weight is 354 g/mol. The van der Waals surface area contributed by atoms with E-state index in [0.717, 1.165) is 0 Å². The van der Waals surface area contributed by atoms with Crippen LogP contribution in [0.4, 0.5) is 8.78 Å². The van der Waals surface area contributed by atoms with Gasteiger partial charge >= 0.3 is 0 Å². The van der Waals surface area contributed by atoms with E-state index >= 15 is 0 Å². The second-order valence-electron chi connectivity index (χ2n) is 4.49. The van der Waals surface area contributed by atoms with E-state index in [-0.39, 0.29) is 35.5 Å². The summed E-state index contributed by atoms with van der Waals surface area (Å²) >= 11 is 0.241. The minimum Gasteiger partial charge on any atom is -0.493 e. The highest BCUT2D eigenvalue weighted by atomic mass is 32.2. The van der Waals surface area contributed by atoms with Gasteiger partial charge in [-0.25, -0.2) is 4.98 Å². The van der Waals surface area contributed by atoms with Crippen LogP contribution in [0.5, 0.6) is 11.5 Å². The number of alkyl halides is 2. The number of ether oxygens (including phenoxy) is 2. The van der Waals surface area contributed by atoms with E-state index in [1.54, 1.807) is 18.2 Å². The Balaban J connectivity index is 1.88. The molecule has 1 heterocycles. The second kappa shape index (κ2) is 9.07. The molecule has 0 aliphatic heterocycles. The van der Waals surface area contributed by atoms with Crippen LogP contribution in [0.15, 0.2) is 47.6 Å². The van der Waals surface area contributed by atoms with E-state index in [1.807, 2.05) is 6.07 Å². The quantitative estimate of drug-likeness (QED) is 0.583. The minimum absolute atomic E-state index is 0.00403. The van der Waals surface area contributed by atoms with Gasteiger partial charge in [0.25, 0.3) is 11.7 Å². The molecule has 1 amide bonds. The fraction of sp³-hybridized carbons (Fsp3) is 0.250. The van der Waals surface area contributed by atoms with E-state index in [9.17, 15) is 13.6 Å². The maximum atomic E-state index is 12.5. The molecule has 128 valence electrons. The maximum Gasteiger partial charge on any atom is 0.290 e. The summed E-state index contributed by atoms with van der Waals surface area (Å²) in [6.45, 7) is 0.425. The van der Waals surface area contributed by atoms with Gasteiger partial charge in [0.2, 0.25) is 0 Å². The number of hydrogen-bond donors (Lipinski definition) is 1. The van der Waals surface area contributed by atoms with Crippen LogP contribution in [0.2, 0.25) is 0 Å². The minimum atomic E-state index is -2.64. The van der Waals surface area contributed by atoms with Crippen LogP contribution in [0.3, 0.4) is 0 Å². The van der Waals surface area contributed by atoms with Gasteiger partial charge < -0.3 is 14.8 Å². The van der Waals surface area contributed by atoms with E-state index in [0.29, 0.717) is 11.5 Å². The molecule has 0 bridgehead atoms. The Hall–Kier alpha value is -2.35. The molecule has 2 aromatic rings. The molecule has 1 aromatic heterocycles. The van der Waals surface area contributed by atoms with Crippen molar-refractivity contribution < 1.29 is 23.0 Å². The normalized spacial score (nSPS) is 10.5. The van der Waals surface area contributed by atoms with Gasteiger partial charge in [-0.15, -0.1) is 0 Å². The lowest BCUT2D eigenvalue weighted by molar-refractivity contribution is 0.0943. The van der Waals surface area contributed by atoms with Gasteiger partial charge in [-0.3, -0.25) is 4.79 Å². The molecular weight excluding hydrogens is 338 g/mol. The molecule has 8 heteroatoms. The van der Waals surface area contributed by atoms with Gasteiger partial charge in [-0.05, 0) is 36.0 Å². The number of carbonyl (C=O) groups excluding carboxylic acids is 1. The van der Waals surface area contributed by atoms with Gasteiger partial charge in [0, 0.05) is 6.20 Å². The number of para-hydroxylation sites is 2. The summed E-state index contributed by atoms with van der Waals surface area (Å²) in [6, 6.07) is 10.1. The van der Waals surface area contributed by atoms with Crippen molar-refractivity contribution >= 4 is 17.7 Å². The number of hydrogen-bond acceptors (Lipinski definition) is 5. The van der Waals surface area contributed by atoms with Crippen LogP contribution in [0, 0.1) is 0 Å². The van der Waals surface area contributed by atoms with Crippen molar-refractivity contribution in [2.24, 2.45) is 0 Å². The Morgan fingerprint density at radius 3 is 2.71 bits per heavy atom. The fourth-order valence-electron chi connectivity index (χ4n) is 1.90. The molecule has 1 N–H and O–H groups in total. The van der Waals surface area contributed by atoms with Crippen molar-refractivity contribution in [3.8, 4) is 11.5 Å². The molecule has 0 saturated carbocycles. The topological polar surface area (TPSA) is 60.5 Å². The largest absolute Gasteiger partial charge is 0.493 e. The Labute approximate surface area is 142 Å². The van der Waals surface area contributed by atoms with Crippen molar-refractivity contribution in [1.29, 1.82) is 0 Å². The number of amides is 1. The fourth-order valence-corrected chi connectivity index (χ4v) is 2.48. The van der Waals surface area contributed by atoms with Crippen molar-refractivity contribution in [3.63, 3.8) is 0 Å². The molecule has 2 rings (SSSR count). The van der Waals surface area contributed by atoms with Crippen LogP contribution in [-0.2, 0) is 0 Å². The summed E-state index contributed by atoms with van der Waals surface area (Å²) in [5.41, 5.74) is 0.111. The maximum absolute atomic E-state index is 12.5. The van der Waals surface area contributed by atoms with Crippen LogP contribution >= 0.6 is 11.8 Å². The molecule has 0 fully saturated rings. The number of aromatic nitrogens is 1. The lowest BCUT2D eigenvalue weighted by atomic mass is 10.2. The number of nitrogens with one attached hydrogen (secondary N) is 1. The summed E-state index contributed by atoms with van der Waals surface area (Å²) in [4.78, 5) is 15.9. The Morgan fingerprint density at radius 1 is 1.25 bits per heavy atom. The van der Waals surface area contributed by atoms with Crippen LogP contribution < -0.4 is 14.8 Å². The SMILES string of the molecule is COc1ccccc1OCCNC(=O)c1cccnc1SC(F)F. The molecular formula is C16H16F2N2O3S. The smallest absolute Gasteiger partial charge is 0.290 e. The third kappa shape index (κ3) is 5.09. The van der Waals surface area contributed by atoms with Crippen molar-refractivity contribution in [3.05, 3.63) is 48.2 Å². The molecule has 5 nitrogen and oxygen atoms in total. The molecule has 0 radical (unpaired) electrons. The number of carbonyl (C=O) groups is 1. The third-order valence-corrected chi connectivity index (χ3v) is 3.66. The number of benzene rings is 1. The zero-order chi connectivity index (χ0) is 17.4. The number of nitrogens with zero attached hydrogens (tertiary/aromatic N) is 1. The standard InChI is InChI=1S/C16H16F2N2O3S/c1-22-12-6-2-3-7-13(12)23-10-9-19-14(21)11-5-4-8-20-15(11)24-16(17)18/h2-8,16H,9-10H2,1H3,(H,19,21). The van der Waals surface area contributed by atoms with Crippen LogP contribution in [-0.4, -0.2) is 36.9 Å². The third-order valence-electron chi connectivity index (χ3n) is 2.93. The zero-order valence-electron chi connectivity index (χ0n) is 12.9. The molecule has 24 heavy (non-hydrogen) atoms. The van der Waals surface area contributed by atoms with Crippen molar-refractivity contribution in [2.75, 3.05) is 20.3 Å². The van der Waals surface area contributed by atoms with Gasteiger partial charge in [-0.1, -0.05) is 12.1 Å². The molecule has 0 aliphatic carbocycles. The van der Waals surface area contributed by atoms with Crippen molar-refractivity contribution in [2.45, 2.75) is 10.8 Å². The molecule has 0 spiro atoms. The van der Waals surface area contributed by atoms with Gasteiger partial charge in [0.05, 0.1) is 19.2 Å². The Morgan fingerprint density at radius 2 is 2.00 bits per heavy atom. The number of methoxy groups -OCH3 is 1. The monoisotopic (exact) mass is 354 g/mol. The lowest BCUT2D eigenvalue weighted by Crippen LogP contribution is -2.28. The number of rotatable bonds is 8. The first-order valence-electron chi connectivity index (χ1n) is 7.05. The van der Waals surface area contributed by atoms with E-state index < -0.39 is 11.7 Å². The van der Waals surface area contributed by atoms with Gasteiger partial charge in [-0.2, -0.15) is 8.78 Å². The predicted molar refractivity (Wildman–Crippen MR) is 86.9 cm³/mol. The highest BCUT2D eigenvalue weighted by molar-refractivity contribution is 7.99. The average Bonchev–Trinajstić information content (AvgIpc) is 2.58. The summed E-state index contributed by atoms with van der Waals surface area (Å²) in [7, 11) is 1.54. The zero-order valence-corrected chi connectivity index (χ0v) is 13.7. The van der Waals surface area contributed by atoms with Crippen LogP contribution in [0.25, 0.3) is 0 Å². The number of thioether (sulfide) groups is 1. The molecule has 0 atom stereocenters. The highest BCUT2D eigenvalue weighted by Gasteiger charge is 2.16. The van der Waals surface area contributed by atoms with Crippen molar-refractivity contribution in [1.82, 2.24) is 10.3 Å². The first-order chi connectivity index (χ1) is 11.6. The van der Waals surface area contributed by atoms with Gasteiger partial charge in [0.1, 0.15) is 11.6 Å². The summed E-state index contributed by atoms with van der Waals surface area (Å²) in [6.07, 6.45) is 1.37. The Bertz CT molecular complexity index is 686. The summed E-state index contributed by atoms with van der Waals surface area (Å²) in [5, 5.41) is 2.61. The van der Waals surface area contributed by atoms with E-state index in [1.165, 1.54) is 25.4 Å². The van der Waals surface area contributed by atoms with E-state index in [2.05, 4.69) is 10.3 Å². The molecule has 0 unspecified atom stereocenters. The second-order valence-corrected chi connectivity index (χ2v) is 5.47. The Kier molecular flexibility index (Phi) is 6.80. The summed E-state index contributed by atoms with van der Waals surface area (Å²) in [5.74, 6) is -1.97. The lowest BCUT2D eigenvalue weighted by Gasteiger charge is -2.11. The predicted octanol–water partition coefficient (Wildman–Crippen LogP) is 3.21.